The molecule has 0 aliphatic carbocycles. The minimum absolute atomic E-state index is 0.0993. The fourth-order valence-corrected chi connectivity index (χ4v) is 2.99. The molecule has 0 aromatic rings. The van der Waals surface area contributed by atoms with Crippen LogP contribution in [0.15, 0.2) is 0 Å². The molecule has 3 N–H and O–H groups in total. The third-order valence-electron chi connectivity index (χ3n) is 4.55. The molecule has 1 unspecified atom stereocenters. The standard InChI is InChI=1S/C14H27N5O2/c1-11(10-15)19-12(20)14(16-13(19)21)4-6-18(7-5-14)9-8-17(2)3/h11H,4-10,15H2,1-3H3,(H,16,21). The summed E-state index contributed by atoms with van der Waals surface area (Å²) in [6, 6.07) is -0.539. The summed E-state index contributed by atoms with van der Waals surface area (Å²) in [7, 11) is 4.11. The molecular weight excluding hydrogens is 270 g/mol. The van der Waals surface area contributed by atoms with E-state index in [0.29, 0.717) is 19.4 Å². The highest BCUT2D eigenvalue weighted by molar-refractivity contribution is 6.07. The number of rotatable bonds is 5. The van der Waals surface area contributed by atoms with Gasteiger partial charge in [-0.1, -0.05) is 0 Å². The van der Waals surface area contributed by atoms with Gasteiger partial charge in [-0.15, -0.1) is 0 Å². The van der Waals surface area contributed by atoms with Crippen LogP contribution < -0.4 is 11.1 Å². The number of nitrogens with zero attached hydrogens (tertiary/aromatic N) is 3. The smallest absolute Gasteiger partial charge is 0.325 e. The summed E-state index contributed by atoms with van der Waals surface area (Å²) in [5.41, 5.74) is 4.90. The van der Waals surface area contributed by atoms with Gasteiger partial charge in [0.2, 0.25) is 0 Å². The Labute approximate surface area is 126 Å². The third kappa shape index (κ3) is 3.20. The van der Waals surface area contributed by atoms with Crippen molar-refractivity contribution in [3.05, 3.63) is 0 Å². The van der Waals surface area contributed by atoms with Gasteiger partial charge in [0.25, 0.3) is 5.91 Å². The highest BCUT2D eigenvalue weighted by Gasteiger charge is 2.53. The average molecular weight is 297 g/mol. The van der Waals surface area contributed by atoms with Crippen LogP contribution >= 0.6 is 0 Å². The number of nitrogens with two attached hydrogens (primary N) is 1. The van der Waals surface area contributed by atoms with Crippen LogP contribution in [0.1, 0.15) is 19.8 Å². The van der Waals surface area contributed by atoms with Crippen LogP contribution in [-0.2, 0) is 4.79 Å². The van der Waals surface area contributed by atoms with Crippen molar-refractivity contribution in [1.29, 1.82) is 0 Å². The van der Waals surface area contributed by atoms with Crippen LogP contribution in [0.5, 0.6) is 0 Å². The van der Waals surface area contributed by atoms with E-state index in [-0.39, 0.29) is 18.0 Å². The number of piperidine rings is 1. The topological polar surface area (TPSA) is 81.9 Å². The van der Waals surface area contributed by atoms with Crippen molar-refractivity contribution in [1.82, 2.24) is 20.0 Å². The number of urea groups is 1. The van der Waals surface area contributed by atoms with Crippen molar-refractivity contribution in [3.63, 3.8) is 0 Å². The lowest BCUT2D eigenvalue weighted by atomic mass is 9.87. The van der Waals surface area contributed by atoms with Gasteiger partial charge >= 0.3 is 6.03 Å². The number of amides is 3. The molecule has 7 heteroatoms. The minimum Gasteiger partial charge on any atom is -0.328 e. The fraction of sp³-hybridized carbons (Fsp3) is 0.857. The normalized spacial score (nSPS) is 24.0. The summed E-state index contributed by atoms with van der Waals surface area (Å²) in [6.07, 6.45) is 1.36. The van der Waals surface area contributed by atoms with Gasteiger partial charge in [0.05, 0.1) is 6.04 Å². The minimum atomic E-state index is -0.699. The Morgan fingerprint density at radius 3 is 2.48 bits per heavy atom. The molecule has 0 aromatic heterocycles. The van der Waals surface area contributed by atoms with E-state index in [4.69, 9.17) is 5.73 Å². The molecule has 2 aliphatic heterocycles. The second-order valence-electron chi connectivity index (χ2n) is 6.42. The van der Waals surface area contributed by atoms with E-state index in [1.165, 1.54) is 4.90 Å². The van der Waals surface area contributed by atoms with Gasteiger partial charge in [-0.2, -0.15) is 0 Å². The number of hydrogen-bond acceptors (Lipinski definition) is 5. The molecule has 2 heterocycles. The molecule has 0 saturated carbocycles. The van der Waals surface area contributed by atoms with Gasteiger partial charge in [0.1, 0.15) is 5.54 Å². The van der Waals surface area contributed by atoms with E-state index in [0.717, 1.165) is 26.2 Å². The van der Waals surface area contributed by atoms with E-state index < -0.39 is 5.54 Å². The van der Waals surface area contributed by atoms with Crippen molar-refractivity contribution < 1.29 is 9.59 Å². The highest BCUT2D eigenvalue weighted by Crippen LogP contribution is 2.30. The predicted molar refractivity (Wildman–Crippen MR) is 80.9 cm³/mol. The number of imide groups is 1. The van der Waals surface area contributed by atoms with Crippen LogP contribution in [0.25, 0.3) is 0 Å². The lowest BCUT2D eigenvalue weighted by Gasteiger charge is -2.37. The first-order valence-electron chi connectivity index (χ1n) is 7.62. The molecule has 3 amide bonds. The largest absolute Gasteiger partial charge is 0.328 e. The lowest BCUT2D eigenvalue weighted by Crippen LogP contribution is -2.55. The molecular formula is C14H27N5O2. The van der Waals surface area contributed by atoms with E-state index in [1.807, 2.05) is 6.92 Å². The quantitative estimate of drug-likeness (QED) is 0.655. The predicted octanol–water partition coefficient (Wildman–Crippen LogP) is -0.718. The molecule has 120 valence electrons. The Morgan fingerprint density at radius 1 is 1.33 bits per heavy atom. The molecule has 0 bridgehead atoms. The molecule has 2 saturated heterocycles. The average Bonchev–Trinajstić information content (AvgIpc) is 2.69. The number of likely N-dealkylation sites (N-methyl/N-ethyl adjacent to an activating group) is 1. The zero-order valence-corrected chi connectivity index (χ0v) is 13.3. The number of hydrogen-bond donors (Lipinski definition) is 2. The molecule has 1 spiro atoms. The molecule has 1 atom stereocenters. The van der Waals surface area contributed by atoms with E-state index in [2.05, 4.69) is 29.2 Å². The second-order valence-corrected chi connectivity index (χ2v) is 6.42. The molecule has 2 aliphatic rings. The summed E-state index contributed by atoms with van der Waals surface area (Å²) in [6.45, 7) is 5.78. The van der Waals surface area contributed by atoms with Gasteiger partial charge in [-0.3, -0.25) is 9.69 Å². The first-order valence-corrected chi connectivity index (χ1v) is 7.62. The summed E-state index contributed by atoms with van der Waals surface area (Å²) in [5.74, 6) is -0.0993. The number of carbonyl (C=O) groups excluding carboxylic acids is 2. The van der Waals surface area contributed by atoms with Gasteiger partial charge in [-0.25, -0.2) is 4.79 Å². The van der Waals surface area contributed by atoms with Crippen molar-refractivity contribution >= 4 is 11.9 Å². The first-order chi connectivity index (χ1) is 9.89. The van der Waals surface area contributed by atoms with E-state index in [1.54, 1.807) is 0 Å². The van der Waals surface area contributed by atoms with Crippen molar-refractivity contribution in [3.8, 4) is 0 Å². The van der Waals surface area contributed by atoms with E-state index >= 15 is 0 Å². The SMILES string of the molecule is CC(CN)N1C(=O)NC2(CCN(CCN(C)C)CC2)C1=O. The Morgan fingerprint density at radius 2 is 1.95 bits per heavy atom. The maximum Gasteiger partial charge on any atom is 0.325 e. The molecule has 2 rings (SSSR count). The zero-order valence-electron chi connectivity index (χ0n) is 13.3. The second kappa shape index (κ2) is 6.29. The number of likely N-dealkylation sites (tertiary alicyclic amines) is 1. The van der Waals surface area contributed by atoms with Crippen molar-refractivity contribution in [2.45, 2.75) is 31.3 Å². The number of carbonyl (C=O) groups is 2. The molecule has 2 fully saturated rings. The molecule has 7 nitrogen and oxygen atoms in total. The van der Waals surface area contributed by atoms with Crippen LogP contribution in [0.3, 0.4) is 0 Å². The summed E-state index contributed by atoms with van der Waals surface area (Å²) < 4.78 is 0. The van der Waals surface area contributed by atoms with Crippen molar-refractivity contribution in [2.24, 2.45) is 5.73 Å². The summed E-state index contributed by atoms with van der Waals surface area (Å²) in [5, 5.41) is 2.91. The summed E-state index contributed by atoms with van der Waals surface area (Å²) in [4.78, 5) is 30.5. The Balaban J connectivity index is 1.97. The van der Waals surface area contributed by atoms with E-state index in [9.17, 15) is 9.59 Å². The van der Waals surface area contributed by atoms with Crippen molar-refractivity contribution in [2.75, 3.05) is 46.8 Å². The molecule has 21 heavy (non-hydrogen) atoms. The molecule has 0 aromatic carbocycles. The monoisotopic (exact) mass is 297 g/mol. The Hall–Kier alpha value is -1.18. The van der Waals surface area contributed by atoms with Crippen LogP contribution in [0, 0.1) is 0 Å². The van der Waals surface area contributed by atoms with Crippen LogP contribution in [-0.4, -0.2) is 85.0 Å². The summed E-state index contributed by atoms with van der Waals surface area (Å²) >= 11 is 0. The zero-order chi connectivity index (χ0) is 15.6. The number of nitrogens with one attached hydrogen (secondary N) is 1. The first kappa shape index (κ1) is 16.2. The Bertz CT molecular complexity index is 404. The van der Waals surface area contributed by atoms with Crippen LogP contribution in [0.2, 0.25) is 0 Å². The van der Waals surface area contributed by atoms with Gasteiger partial charge in [0.15, 0.2) is 0 Å². The maximum absolute atomic E-state index is 12.6. The Kier molecular flexibility index (Phi) is 4.85. The van der Waals surface area contributed by atoms with Gasteiger partial charge in [-0.05, 0) is 33.9 Å². The lowest BCUT2D eigenvalue weighted by molar-refractivity contribution is -0.134. The third-order valence-corrected chi connectivity index (χ3v) is 4.55. The highest BCUT2D eigenvalue weighted by atomic mass is 16.2. The van der Waals surface area contributed by atoms with Crippen LogP contribution in [0.4, 0.5) is 4.79 Å². The molecule has 0 radical (unpaired) electrons. The fourth-order valence-electron chi connectivity index (χ4n) is 2.99. The van der Waals surface area contributed by atoms with Gasteiger partial charge < -0.3 is 20.9 Å². The van der Waals surface area contributed by atoms with Gasteiger partial charge in [0, 0.05) is 32.7 Å². The maximum atomic E-state index is 12.6.